The quantitative estimate of drug-likeness (QED) is 0.154. The van der Waals surface area contributed by atoms with Gasteiger partial charge >= 0.3 is 6.85 Å². The fraction of sp³-hybridized carbons (Fsp3) is 0.214. The topological polar surface area (TPSA) is 21.3 Å². The maximum absolute atomic E-state index is 7.44. The summed E-state index contributed by atoms with van der Waals surface area (Å²) in [7, 11) is 0. The standard InChI is InChI=1S/C56H47BN2OS2/c1-54(2,3)30-18-22-33(23-19-30)59-41-29-45-36(34-14-10-12-16-43(34)61-45)28-38(41)46-47-35-15-11-13-17-44(35)62-52(47)48-37-26-31(55(4,5)6)20-24-40(37)58-50-39-27-32(56(7,8)9)21-25-42(39)60-53(50)57(59)49(46)51(48)58/h10-29H,1-9H3. The Morgan fingerprint density at radius 3 is 1.87 bits per heavy atom. The van der Waals surface area contributed by atoms with E-state index in [9.17, 15) is 0 Å². The van der Waals surface area contributed by atoms with Gasteiger partial charge in [0.1, 0.15) is 11.2 Å². The molecule has 0 amide bonds. The van der Waals surface area contributed by atoms with E-state index in [-0.39, 0.29) is 23.1 Å². The van der Waals surface area contributed by atoms with E-state index in [0.717, 1.165) is 11.2 Å². The Hall–Kier alpha value is -5.82. The Morgan fingerprint density at radius 1 is 0.532 bits per heavy atom. The second-order valence-electron chi connectivity index (χ2n) is 20.9. The Bertz CT molecular complexity index is 3760. The summed E-state index contributed by atoms with van der Waals surface area (Å²) in [6, 6.07) is 46.7. The van der Waals surface area contributed by atoms with E-state index in [1.54, 1.807) is 0 Å². The van der Waals surface area contributed by atoms with Gasteiger partial charge in [0.05, 0.1) is 16.7 Å². The van der Waals surface area contributed by atoms with Gasteiger partial charge in [0.2, 0.25) is 0 Å². The van der Waals surface area contributed by atoms with Crippen molar-refractivity contribution in [2.24, 2.45) is 0 Å². The molecule has 0 saturated heterocycles. The van der Waals surface area contributed by atoms with Crippen molar-refractivity contribution in [3.05, 3.63) is 138 Å². The number of thiophene rings is 2. The molecular formula is C56H47BN2OS2. The SMILES string of the molecule is CC(C)(C)c1ccc(N2B3c4oc5ccc(C(C)(C)C)cc5c4-n4c5ccc(C(C)(C)C)cc5c5c6sc7ccccc7c6c(c3c54)-c3cc4c(cc32)sc2ccccc24)cc1. The van der Waals surface area contributed by atoms with Gasteiger partial charge in [-0.2, -0.15) is 0 Å². The number of rotatable bonds is 1. The lowest BCUT2D eigenvalue weighted by Crippen LogP contribution is -2.60. The maximum atomic E-state index is 7.44. The third kappa shape index (κ3) is 4.83. The zero-order valence-corrected chi connectivity index (χ0v) is 38.4. The normalized spacial score (nSPS) is 14.1. The van der Waals surface area contributed by atoms with E-state index in [1.165, 1.54) is 118 Å². The number of anilines is 2. The Morgan fingerprint density at radius 2 is 1.16 bits per heavy atom. The first-order chi connectivity index (χ1) is 29.6. The van der Waals surface area contributed by atoms with Gasteiger partial charge in [-0.25, -0.2) is 0 Å². The van der Waals surface area contributed by atoms with Crippen LogP contribution in [-0.4, -0.2) is 11.4 Å². The second kappa shape index (κ2) is 12.0. The summed E-state index contributed by atoms with van der Waals surface area (Å²) in [6.07, 6.45) is 0. The number of benzene rings is 7. The first kappa shape index (κ1) is 36.8. The first-order valence-corrected chi connectivity index (χ1v) is 23.7. The van der Waals surface area contributed by atoms with Crippen molar-refractivity contribution in [3.63, 3.8) is 0 Å². The van der Waals surface area contributed by atoms with Gasteiger partial charge in [0.15, 0.2) is 0 Å². The molecule has 11 aromatic rings. The Kier molecular flexibility index (Phi) is 7.12. The van der Waals surface area contributed by atoms with Crippen LogP contribution >= 0.6 is 22.7 Å². The Balaban J connectivity index is 1.29. The van der Waals surface area contributed by atoms with Gasteiger partial charge in [-0.05, 0) is 105 Å². The number of nitrogens with zero attached hydrogens (tertiary/aromatic N) is 2. The van der Waals surface area contributed by atoms with Crippen molar-refractivity contribution < 1.29 is 4.42 Å². The van der Waals surface area contributed by atoms with Crippen molar-refractivity contribution in [3.8, 4) is 16.8 Å². The van der Waals surface area contributed by atoms with Crippen LogP contribution in [0.1, 0.15) is 79.0 Å². The molecular weight excluding hydrogens is 792 g/mol. The number of hydrogen-bond donors (Lipinski definition) is 0. The molecule has 13 rings (SSSR count). The molecule has 0 radical (unpaired) electrons. The van der Waals surface area contributed by atoms with Crippen molar-refractivity contribution in [2.75, 3.05) is 4.81 Å². The minimum atomic E-state index is -0.227. The highest BCUT2D eigenvalue weighted by Gasteiger charge is 2.49. The first-order valence-electron chi connectivity index (χ1n) is 22.0. The van der Waals surface area contributed by atoms with Crippen LogP contribution in [0.2, 0.25) is 0 Å². The average molecular weight is 839 g/mol. The van der Waals surface area contributed by atoms with Crippen LogP contribution in [0.25, 0.3) is 89.9 Å². The van der Waals surface area contributed by atoms with E-state index in [0.29, 0.717) is 0 Å². The summed E-state index contributed by atoms with van der Waals surface area (Å²) >= 11 is 3.86. The molecule has 0 unspecified atom stereocenters. The van der Waals surface area contributed by atoms with E-state index >= 15 is 0 Å². The highest BCUT2D eigenvalue weighted by Crippen LogP contribution is 2.55. The van der Waals surface area contributed by atoms with Crippen LogP contribution in [0.15, 0.2) is 126 Å². The van der Waals surface area contributed by atoms with Crippen LogP contribution in [0.3, 0.4) is 0 Å². The molecule has 0 aliphatic carbocycles. The molecule has 0 bridgehead atoms. The second-order valence-corrected chi connectivity index (χ2v) is 23.1. The molecule has 2 aliphatic rings. The third-order valence-corrected chi connectivity index (χ3v) is 16.3. The van der Waals surface area contributed by atoms with Gasteiger partial charge < -0.3 is 13.8 Å². The molecule has 0 spiro atoms. The summed E-state index contributed by atoms with van der Waals surface area (Å²) in [4.78, 5) is 2.64. The number of fused-ring (bicyclic) bond motifs is 18. The lowest BCUT2D eigenvalue weighted by atomic mass is 9.46. The minimum absolute atomic E-state index is 0.0163. The molecule has 6 heteroatoms. The van der Waals surface area contributed by atoms with Gasteiger partial charge in [0, 0.05) is 73.4 Å². The van der Waals surface area contributed by atoms with Crippen LogP contribution in [0, 0.1) is 0 Å². The molecule has 4 aromatic heterocycles. The monoisotopic (exact) mass is 838 g/mol. The average Bonchev–Trinajstić information content (AvgIpc) is 4.00. The van der Waals surface area contributed by atoms with Crippen molar-refractivity contribution in [1.29, 1.82) is 0 Å². The highest BCUT2D eigenvalue weighted by atomic mass is 32.1. The number of aromatic nitrogens is 1. The van der Waals surface area contributed by atoms with Gasteiger partial charge in [-0.3, -0.25) is 0 Å². The van der Waals surface area contributed by atoms with Gasteiger partial charge in [0.25, 0.3) is 0 Å². The Labute approximate surface area is 370 Å². The van der Waals surface area contributed by atoms with Crippen molar-refractivity contribution in [1.82, 2.24) is 4.57 Å². The minimum Gasteiger partial charge on any atom is -0.466 e. The molecule has 0 atom stereocenters. The molecule has 0 saturated carbocycles. The lowest BCUT2D eigenvalue weighted by Gasteiger charge is -2.40. The molecule has 6 heterocycles. The summed E-state index contributed by atoms with van der Waals surface area (Å²) in [5.41, 5.74) is 15.9. The number of furan rings is 1. The fourth-order valence-electron chi connectivity index (χ4n) is 10.8. The predicted octanol–water partition coefficient (Wildman–Crippen LogP) is 15.4. The highest BCUT2D eigenvalue weighted by molar-refractivity contribution is 7.27. The smallest absolute Gasteiger partial charge is 0.376 e. The lowest BCUT2D eigenvalue weighted by molar-refractivity contribution is 0.590. The predicted molar refractivity (Wildman–Crippen MR) is 271 cm³/mol. The van der Waals surface area contributed by atoms with E-state index in [2.05, 4.69) is 193 Å². The van der Waals surface area contributed by atoms with Crippen molar-refractivity contribution in [2.45, 2.75) is 78.6 Å². The maximum Gasteiger partial charge on any atom is 0.376 e. The largest absolute Gasteiger partial charge is 0.466 e. The zero-order chi connectivity index (χ0) is 42.4. The molecule has 302 valence electrons. The van der Waals surface area contributed by atoms with E-state index < -0.39 is 0 Å². The summed E-state index contributed by atoms with van der Waals surface area (Å²) < 4.78 is 15.4. The number of hydrogen-bond acceptors (Lipinski definition) is 4. The third-order valence-electron chi connectivity index (χ3n) is 14.0. The van der Waals surface area contributed by atoms with Crippen molar-refractivity contribution >= 4 is 125 Å². The molecule has 0 N–H and O–H groups in total. The zero-order valence-electron chi connectivity index (χ0n) is 36.7. The molecule has 3 nitrogen and oxygen atoms in total. The van der Waals surface area contributed by atoms with E-state index in [1.807, 2.05) is 22.7 Å². The van der Waals surface area contributed by atoms with E-state index in [4.69, 9.17) is 4.42 Å². The van der Waals surface area contributed by atoms with Crippen LogP contribution in [0.4, 0.5) is 11.4 Å². The summed E-state index contributed by atoms with van der Waals surface area (Å²) in [6.45, 7) is 20.6. The molecule has 62 heavy (non-hydrogen) atoms. The summed E-state index contributed by atoms with van der Waals surface area (Å²) in [5, 5.41) is 9.15. The summed E-state index contributed by atoms with van der Waals surface area (Å²) in [5.74, 6) is 0. The van der Waals surface area contributed by atoms with Crippen LogP contribution in [0.5, 0.6) is 0 Å². The van der Waals surface area contributed by atoms with Crippen LogP contribution in [-0.2, 0) is 16.2 Å². The molecule has 7 aromatic carbocycles. The molecule has 2 aliphatic heterocycles. The van der Waals surface area contributed by atoms with Crippen LogP contribution < -0.4 is 15.9 Å². The van der Waals surface area contributed by atoms with Gasteiger partial charge in [-0.15, -0.1) is 22.7 Å². The van der Waals surface area contributed by atoms with Gasteiger partial charge in [-0.1, -0.05) is 123 Å². The fourth-order valence-corrected chi connectivity index (χ4v) is 13.2. The molecule has 0 fully saturated rings.